The van der Waals surface area contributed by atoms with Crippen LogP contribution in [0, 0.1) is 6.92 Å². The number of esters is 1. The van der Waals surface area contributed by atoms with E-state index in [4.69, 9.17) is 9.26 Å². The number of aromatic nitrogens is 3. The van der Waals surface area contributed by atoms with Crippen LogP contribution in [0.5, 0.6) is 0 Å². The second kappa shape index (κ2) is 8.00. The molecule has 0 spiro atoms. The molecular weight excluding hydrogens is 410 g/mol. The van der Waals surface area contributed by atoms with E-state index in [1.807, 2.05) is 0 Å². The van der Waals surface area contributed by atoms with Gasteiger partial charge in [0.25, 0.3) is 5.91 Å². The standard InChI is InChI=1S/C15H15N5O6S2/c1-8-6-12(17-26-8)16-13(21)7-25-15(22)9(2)20-28(23,24)11-5-3-4-10-14(11)19-27-18-10/h3-6,9,20H,7H2,1-2H3,(H,16,17,21)/t9-/m0/s1. The van der Waals surface area contributed by atoms with Crippen LogP contribution >= 0.6 is 11.7 Å². The molecule has 1 amide bonds. The molecule has 0 unspecified atom stereocenters. The third-order valence-corrected chi connectivity index (χ3v) is 5.58. The Labute approximate surface area is 163 Å². The van der Waals surface area contributed by atoms with Gasteiger partial charge in [0.2, 0.25) is 10.0 Å². The fourth-order valence-electron chi connectivity index (χ4n) is 2.21. The Morgan fingerprint density at radius 2 is 2.11 bits per heavy atom. The van der Waals surface area contributed by atoms with Gasteiger partial charge in [-0.3, -0.25) is 9.59 Å². The predicted octanol–water partition coefficient (Wildman–Crippen LogP) is 0.836. The molecule has 3 rings (SSSR count). The molecule has 3 aromatic rings. The summed E-state index contributed by atoms with van der Waals surface area (Å²) in [5, 5.41) is 5.95. The molecule has 1 aromatic carbocycles. The predicted molar refractivity (Wildman–Crippen MR) is 98.0 cm³/mol. The third-order valence-electron chi connectivity index (χ3n) is 3.46. The monoisotopic (exact) mass is 425 g/mol. The molecule has 2 N–H and O–H groups in total. The van der Waals surface area contributed by atoms with E-state index in [9.17, 15) is 18.0 Å². The number of amides is 1. The normalized spacial score (nSPS) is 12.6. The summed E-state index contributed by atoms with van der Waals surface area (Å²) in [6, 6.07) is 4.78. The van der Waals surface area contributed by atoms with Gasteiger partial charge in [-0.05, 0) is 26.0 Å². The summed E-state index contributed by atoms with van der Waals surface area (Å²) in [5.41, 5.74) is 0.644. The number of hydrogen-bond donors (Lipinski definition) is 2. The molecule has 148 valence electrons. The van der Waals surface area contributed by atoms with Gasteiger partial charge in [0.15, 0.2) is 12.4 Å². The number of anilines is 1. The maximum atomic E-state index is 12.6. The van der Waals surface area contributed by atoms with Gasteiger partial charge in [-0.15, -0.1) is 0 Å². The number of benzene rings is 1. The topological polar surface area (TPSA) is 153 Å². The van der Waals surface area contributed by atoms with E-state index in [1.54, 1.807) is 13.0 Å². The van der Waals surface area contributed by atoms with Crippen molar-refractivity contribution in [3.05, 3.63) is 30.0 Å². The summed E-state index contributed by atoms with van der Waals surface area (Å²) in [7, 11) is -4.06. The van der Waals surface area contributed by atoms with Crippen molar-refractivity contribution in [3.8, 4) is 0 Å². The number of nitrogens with zero attached hydrogens (tertiary/aromatic N) is 3. The zero-order valence-electron chi connectivity index (χ0n) is 14.7. The Bertz CT molecular complexity index is 1120. The smallest absolute Gasteiger partial charge is 0.324 e. The molecule has 0 saturated carbocycles. The first-order valence-electron chi connectivity index (χ1n) is 7.89. The largest absolute Gasteiger partial charge is 0.454 e. The van der Waals surface area contributed by atoms with Crippen LogP contribution in [0.2, 0.25) is 0 Å². The van der Waals surface area contributed by atoms with Gasteiger partial charge in [0.1, 0.15) is 27.7 Å². The lowest BCUT2D eigenvalue weighted by atomic mass is 10.3. The van der Waals surface area contributed by atoms with Crippen molar-refractivity contribution >= 4 is 50.5 Å². The summed E-state index contributed by atoms with van der Waals surface area (Å²) in [4.78, 5) is 23.7. The molecule has 0 fully saturated rings. The van der Waals surface area contributed by atoms with E-state index in [1.165, 1.54) is 25.1 Å². The van der Waals surface area contributed by atoms with Crippen LogP contribution in [0.15, 0.2) is 33.7 Å². The minimum absolute atomic E-state index is 0.0995. The molecule has 13 heteroatoms. The molecule has 0 aliphatic rings. The first-order valence-corrected chi connectivity index (χ1v) is 10.1. The van der Waals surface area contributed by atoms with Gasteiger partial charge in [0, 0.05) is 6.07 Å². The van der Waals surface area contributed by atoms with Crippen LogP contribution in [-0.2, 0) is 24.3 Å². The average Bonchev–Trinajstić information content (AvgIpc) is 3.27. The summed E-state index contributed by atoms with van der Waals surface area (Å²) in [5.74, 6) is -0.883. The van der Waals surface area contributed by atoms with Crippen LogP contribution < -0.4 is 10.0 Å². The summed E-state index contributed by atoms with van der Waals surface area (Å²) >= 11 is 0.882. The zero-order chi connectivity index (χ0) is 20.3. The Morgan fingerprint density at radius 1 is 1.32 bits per heavy atom. The molecule has 2 heterocycles. The number of ether oxygens (including phenoxy) is 1. The van der Waals surface area contributed by atoms with Crippen LogP contribution in [-0.4, -0.2) is 46.8 Å². The first-order chi connectivity index (χ1) is 13.3. The van der Waals surface area contributed by atoms with Crippen LogP contribution in [0.4, 0.5) is 5.82 Å². The van der Waals surface area contributed by atoms with Crippen molar-refractivity contribution in [2.75, 3.05) is 11.9 Å². The minimum atomic E-state index is -4.06. The van der Waals surface area contributed by atoms with Crippen LogP contribution in [0.25, 0.3) is 11.0 Å². The van der Waals surface area contributed by atoms with Crippen molar-refractivity contribution in [3.63, 3.8) is 0 Å². The van der Waals surface area contributed by atoms with Gasteiger partial charge in [-0.25, -0.2) is 8.42 Å². The number of aryl methyl sites for hydroxylation is 1. The quantitative estimate of drug-likeness (QED) is 0.524. The number of carbonyl (C=O) groups excluding carboxylic acids is 2. The second-order valence-corrected chi connectivity index (χ2v) is 7.92. The highest BCUT2D eigenvalue weighted by molar-refractivity contribution is 7.89. The van der Waals surface area contributed by atoms with Gasteiger partial charge in [-0.2, -0.15) is 13.5 Å². The molecule has 1 atom stereocenters. The molecule has 0 saturated heterocycles. The lowest BCUT2D eigenvalue weighted by molar-refractivity contribution is -0.148. The lowest BCUT2D eigenvalue weighted by Crippen LogP contribution is -2.40. The molecule has 0 bridgehead atoms. The Morgan fingerprint density at radius 3 is 2.82 bits per heavy atom. The molecule has 28 heavy (non-hydrogen) atoms. The number of hydrogen-bond acceptors (Lipinski definition) is 10. The summed E-state index contributed by atoms with van der Waals surface area (Å²) in [6.45, 7) is 2.35. The van der Waals surface area contributed by atoms with Crippen molar-refractivity contribution in [2.24, 2.45) is 0 Å². The fraction of sp³-hybridized carbons (Fsp3) is 0.267. The Balaban J connectivity index is 1.59. The van der Waals surface area contributed by atoms with E-state index in [-0.39, 0.29) is 16.2 Å². The number of sulfonamides is 1. The molecule has 0 aliphatic carbocycles. The summed E-state index contributed by atoms with van der Waals surface area (Å²) in [6.07, 6.45) is 0. The number of carbonyl (C=O) groups is 2. The van der Waals surface area contributed by atoms with Crippen molar-refractivity contribution in [2.45, 2.75) is 24.8 Å². The molecule has 0 aliphatic heterocycles. The molecular formula is C15H15N5O6S2. The molecule has 11 nitrogen and oxygen atoms in total. The van der Waals surface area contributed by atoms with Crippen LogP contribution in [0.3, 0.4) is 0 Å². The minimum Gasteiger partial charge on any atom is -0.454 e. The highest BCUT2D eigenvalue weighted by Gasteiger charge is 2.26. The number of rotatable bonds is 7. The first kappa shape index (κ1) is 19.9. The second-order valence-electron chi connectivity index (χ2n) is 5.71. The SMILES string of the molecule is Cc1cc(NC(=O)COC(=O)[C@H](C)NS(=O)(=O)c2cccc3nsnc23)no1. The van der Waals surface area contributed by atoms with Gasteiger partial charge in [0.05, 0.1) is 11.7 Å². The maximum Gasteiger partial charge on any atom is 0.324 e. The van der Waals surface area contributed by atoms with Crippen molar-refractivity contribution in [1.82, 2.24) is 18.6 Å². The van der Waals surface area contributed by atoms with Gasteiger partial charge < -0.3 is 14.6 Å². The van der Waals surface area contributed by atoms with Gasteiger partial charge >= 0.3 is 5.97 Å². The zero-order valence-corrected chi connectivity index (χ0v) is 16.3. The highest BCUT2D eigenvalue weighted by Crippen LogP contribution is 2.21. The fourth-order valence-corrected chi connectivity index (χ4v) is 4.17. The number of nitrogens with one attached hydrogen (secondary N) is 2. The van der Waals surface area contributed by atoms with Gasteiger partial charge in [-0.1, -0.05) is 11.2 Å². The maximum absolute atomic E-state index is 12.6. The average molecular weight is 425 g/mol. The van der Waals surface area contributed by atoms with Crippen molar-refractivity contribution in [1.29, 1.82) is 0 Å². The molecule has 2 aromatic heterocycles. The van der Waals surface area contributed by atoms with E-state index >= 15 is 0 Å². The Hall–Kier alpha value is -2.90. The van der Waals surface area contributed by atoms with E-state index in [0.717, 1.165) is 11.7 Å². The van der Waals surface area contributed by atoms with E-state index < -0.39 is 34.5 Å². The number of fused-ring (bicyclic) bond motifs is 1. The van der Waals surface area contributed by atoms with E-state index in [0.29, 0.717) is 11.3 Å². The highest BCUT2D eigenvalue weighted by atomic mass is 32.2. The lowest BCUT2D eigenvalue weighted by Gasteiger charge is -2.13. The molecule has 0 radical (unpaired) electrons. The third kappa shape index (κ3) is 4.49. The van der Waals surface area contributed by atoms with Crippen LogP contribution in [0.1, 0.15) is 12.7 Å². The summed E-state index contributed by atoms with van der Waals surface area (Å²) < 4.78 is 44.9. The van der Waals surface area contributed by atoms with E-state index in [2.05, 4.69) is 23.9 Å². The van der Waals surface area contributed by atoms with Crippen molar-refractivity contribution < 1.29 is 27.3 Å². The Kier molecular flexibility index (Phi) is 5.67.